The Labute approximate surface area is 233 Å². The molecule has 2 aromatic heterocycles. The van der Waals surface area contributed by atoms with Crippen molar-refractivity contribution in [3.8, 4) is 0 Å². The summed E-state index contributed by atoms with van der Waals surface area (Å²) in [5.74, 6) is 4.20. The quantitative estimate of drug-likeness (QED) is 0.388. The number of anilines is 1. The number of rotatable bonds is 8. The maximum Gasteiger partial charge on any atom is 0.253 e. The molecule has 3 heterocycles. The zero-order valence-electron chi connectivity index (χ0n) is 22.3. The van der Waals surface area contributed by atoms with E-state index in [2.05, 4.69) is 36.2 Å². The van der Waals surface area contributed by atoms with Gasteiger partial charge in [0.15, 0.2) is 5.82 Å². The van der Waals surface area contributed by atoms with Crippen LogP contribution in [0.5, 0.6) is 0 Å². The summed E-state index contributed by atoms with van der Waals surface area (Å²) in [6, 6.07) is 8.19. The summed E-state index contributed by atoms with van der Waals surface area (Å²) in [7, 11) is 0. The lowest BCUT2D eigenvalue weighted by atomic mass is 9.49. The Morgan fingerprint density at radius 2 is 1.90 bits per heavy atom. The summed E-state index contributed by atoms with van der Waals surface area (Å²) in [6.45, 7) is 3.43. The molecule has 1 amide bonds. The van der Waals surface area contributed by atoms with Crippen LogP contribution in [-0.4, -0.2) is 63.7 Å². The van der Waals surface area contributed by atoms with Crippen LogP contribution in [0.15, 0.2) is 24.3 Å². The highest BCUT2D eigenvalue weighted by Gasteiger charge is 2.50. The van der Waals surface area contributed by atoms with Gasteiger partial charge in [0.25, 0.3) is 5.91 Å². The van der Waals surface area contributed by atoms with Crippen LogP contribution in [0.1, 0.15) is 67.5 Å². The molecule has 0 spiro atoms. The van der Waals surface area contributed by atoms with Crippen molar-refractivity contribution in [2.45, 2.75) is 63.8 Å². The number of carbonyl (C=O) groups is 1. The van der Waals surface area contributed by atoms with Gasteiger partial charge >= 0.3 is 0 Å². The molecule has 3 aromatic rings. The second-order valence-corrected chi connectivity index (χ2v) is 13.0. The minimum absolute atomic E-state index is 0.0697. The maximum atomic E-state index is 13.5. The number of halogens is 1. The van der Waals surface area contributed by atoms with E-state index in [-0.39, 0.29) is 11.3 Å². The van der Waals surface area contributed by atoms with Crippen molar-refractivity contribution in [3.05, 3.63) is 40.7 Å². The van der Waals surface area contributed by atoms with Gasteiger partial charge in [-0.3, -0.25) is 4.79 Å². The Balaban J connectivity index is 1.03. The van der Waals surface area contributed by atoms with Crippen molar-refractivity contribution in [2.75, 3.05) is 31.1 Å². The van der Waals surface area contributed by atoms with Crippen molar-refractivity contribution in [3.63, 3.8) is 0 Å². The molecule has 5 fully saturated rings. The van der Waals surface area contributed by atoms with Gasteiger partial charge in [0.2, 0.25) is 0 Å². The largest absolute Gasteiger partial charge is 0.355 e. The molecule has 8 rings (SSSR count). The average Bonchev–Trinajstić information content (AvgIpc) is 3.45. The minimum Gasteiger partial charge on any atom is -0.355 e. The number of carbonyl (C=O) groups excluding carboxylic acids is 1. The highest BCUT2D eigenvalue weighted by molar-refractivity contribution is 6.35. The van der Waals surface area contributed by atoms with Gasteiger partial charge in [0.1, 0.15) is 5.82 Å². The van der Waals surface area contributed by atoms with E-state index in [0.29, 0.717) is 16.6 Å². The van der Waals surface area contributed by atoms with Gasteiger partial charge in [0.05, 0.1) is 16.1 Å². The van der Waals surface area contributed by atoms with Gasteiger partial charge in [0, 0.05) is 44.0 Å². The first kappa shape index (κ1) is 25.2. The first-order chi connectivity index (χ1) is 19.0. The molecule has 10 heteroatoms. The standard InChI is InChI=1S/C29H37ClN8O/c30-23-4-5-24-22(27(23)28(39)32-17-29-13-18-10-19(14-29)12-20(11-18)15-29)3-6-26(33-24)38-9-1-2-21(16-38)31-8-7-25-34-36-37-35-25/h3-6,18-21,31H,1-2,7-17H2,(H,32,39)(H,34,35,36,37)/t18?,19?,20?,21-,29?/m0/s1. The number of benzene rings is 1. The molecule has 0 radical (unpaired) electrons. The van der Waals surface area contributed by atoms with Crippen LogP contribution in [0, 0.1) is 23.2 Å². The molecule has 1 aromatic carbocycles. The van der Waals surface area contributed by atoms with E-state index < -0.39 is 0 Å². The van der Waals surface area contributed by atoms with E-state index in [0.717, 1.165) is 85.7 Å². The Hall–Kier alpha value is -2.78. The van der Waals surface area contributed by atoms with Gasteiger partial charge in [-0.1, -0.05) is 16.8 Å². The number of nitrogens with one attached hydrogen (secondary N) is 3. The Morgan fingerprint density at radius 1 is 1.10 bits per heavy atom. The molecular formula is C29H37ClN8O. The van der Waals surface area contributed by atoms with E-state index >= 15 is 0 Å². The molecule has 4 saturated carbocycles. The molecule has 4 aliphatic carbocycles. The van der Waals surface area contributed by atoms with E-state index in [1.54, 1.807) is 0 Å². The first-order valence-corrected chi connectivity index (χ1v) is 15.0. The number of tetrazole rings is 1. The zero-order valence-corrected chi connectivity index (χ0v) is 23.1. The molecular weight excluding hydrogens is 512 g/mol. The normalized spacial score (nSPS) is 29.7. The number of piperidine rings is 1. The summed E-state index contributed by atoms with van der Waals surface area (Å²) in [5.41, 5.74) is 1.65. The molecule has 1 saturated heterocycles. The molecule has 3 N–H and O–H groups in total. The Morgan fingerprint density at radius 3 is 2.64 bits per heavy atom. The molecule has 1 aliphatic heterocycles. The third-order valence-electron chi connectivity index (χ3n) is 9.74. The fourth-order valence-electron chi connectivity index (χ4n) is 8.46. The summed E-state index contributed by atoms with van der Waals surface area (Å²) in [6.07, 6.45) is 11.0. The highest BCUT2D eigenvalue weighted by atomic mass is 35.5. The first-order valence-electron chi connectivity index (χ1n) is 14.6. The van der Waals surface area contributed by atoms with Crippen LogP contribution >= 0.6 is 11.6 Å². The van der Waals surface area contributed by atoms with Crippen molar-refractivity contribution in [2.24, 2.45) is 23.2 Å². The lowest BCUT2D eigenvalue weighted by Crippen LogP contribution is -2.51. The number of H-pyrrole nitrogens is 1. The smallest absolute Gasteiger partial charge is 0.253 e. The van der Waals surface area contributed by atoms with E-state index in [4.69, 9.17) is 16.6 Å². The highest BCUT2D eigenvalue weighted by Crippen LogP contribution is 2.59. The van der Waals surface area contributed by atoms with Crippen LogP contribution in [0.4, 0.5) is 5.82 Å². The molecule has 0 unspecified atom stereocenters. The third-order valence-corrected chi connectivity index (χ3v) is 10.1. The van der Waals surface area contributed by atoms with Crippen molar-refractivity contribution >= 4 is 34.2 Å². The minimum atomic E-state index is -0.0697. The molecule has 39 heavy (non-hydrogen) atoms. The summed E-state index contributed by atoms with van der Waals surface area (Å²) in [4.78, 5) is 20.8. The van der Waals surface area contributed by atoms with Crippen molar-refractivity contribution < 1.29 is 4.79 Å². The Kier molecular flexibility index (Phi) is 6.67. The SMILES string of the molecule is O=C(NCC12CC3CC(CC(C3)C1)C2)c1c(Cl)ccc2nc(N3CCC[C@H](NCCc4nn[nH]n4)C3)ccc12. The van der Waals surface area contributed by atoms with Crippen molar-refractivity contribution in [1.29, 1.82) is 0 Å². The number of hydrogen-bond acceptors (Lipinski definition) is 7. The number of amides is 1. The average molecular weight is 549 g/mol. The number of aromatic amines is 1. The molecule has 9 nitrogen and oxygen atoms in total. The second kappa shape index (κ2) is 10.3. The van der Waals surface area contributed by atoms with Crippen LogP contribution in [0.3, 0.4) is 0 Å². The van der Waals surface area contributed by atoms with Gasteiger partial charge in [-0.25, -0.2) is 4.98 Å². The van der Waals surface area contributed by atoms with Gasteiger partial charge in [-0.2, -0.15) is 5.21 Å². The van der Waals surface area contributed by atoms with Gasteiger partial charge < -0.3 is 15.5 Å². The van der Waals surface area contributed by atoms with E-state index in [1.807, 2.05) is 24.3 Å². The zero-order chi connectivity index (χ0) is 26.4. The predicted octanol–water partition coefficient (Wildman–Crippen LogP) is 4.15. The van der Waals surface area contributed by atoms with E-state index in [9.17, 15) is 4.79 Å². The third kappa shape index (κ3) is 5.11. The molecule has 4 bridgehead atoms. The van der Waals surface area contributed by atoms with Gasteiger partial charge in [-0.15, -0.1) is 10.2 Å². The predicted molar refractivity (Wildman–Crippen MR) is 151 cm³/mol. The number of fused-ring (bicyclic) bond motifs is 1. The summed E-state index contributed by atoms with van der Waals surface area (Å²) >= 11 is 6.62. The lowest BCUT2D eigenvalue weighted by molar-refractivity contribution is -0.0503. The van der Waals surface area contributed by atoms with Crippen LogP contribution in [0.2, 0.25) is 5.02 Å². The maximum absolute atomic E-state index is 13.5. The topological polar surface area (TPSA) is 112 Å². The fourth-order valence-corrected chi connectivity index (χ4v) is 8.72. The second-order valence-electron chi connectivity index (χ2n) is 12.6. The fraction of sp³-hybridized carbons (Fsp3) is 0.621. The van der Waals surface area contributed by atoms with E-state index in [1.165, 1.54) is 38.5 Å². The van der Waals surface area contributed by atoms with Crippen LogP contribution in [-0.2, 0) is 6.42 Å². The van der Waals surface area contributed by atoms with Crippen LogP contribution < -0.4 is 15.5 Å². The number of nitrogens with zero attached hydrogens (tertiary/aromatic N) is 5. The summed E-state index contributed by atoms with van der Waals surface area (Å²) < 4.78 is 0. The number of pyridine rings is 1. The lowest BCUT2D eigenvalue weighted by Gasteiger charge is -2.56. The van der Waals surface area contributed by atoms with Crippen LogP contribution in [0.25, 0.3) is 10.9 Å². The number of hydrogen-bond donors (Lipinski definition) is 3. The number of aromatic nitrogens is 5. The molecule has 5 aliphatic rings. The van der Waals surface area contributed by atoms with Crippen molar-refractivity contribution in [1.82, 2.24) is 36.2 Å². The summed E-state index contributed by atoms with van der Waals surface area (Å²) in [5, 5.41) is 22.4. The molecule has 1 atom stereocenters. The molecule has 206 valence electrons. The van der Waals surface area contributed by atoms with Gasteiger partial charge in [-0.05, 0) is 98.8 Å². The monoisotopic (exact) mass is 548 g/mol. The Bertz CT molecular complexity index is 1310.